The van der Waals surface area contributed by atoms with E-state index in [1.165, 1.54) is 12.8 Å². The van der Waals surface area contributed by atoms with Crippen molar-refractivity contribution in [3.8, 4) is 0 Å². The third kappa shape index (κ3) is 24.4. The number of unbranched alkanes of at least 4 members (excludes halogenated alkanes) is 10. The van der Waals surface area contributed by atoms with E-state index in [1.54, 1.807) is 6.08 Å². The van der Waals surface area contributed by atoms with E-state index in [0.29, 0.717) is 32.1 Å². The third-order valence-electron chi connectivity index (χ3n) is 9.07. The summed E-state index contributed by atoms with van der Waals surface area (Å²) in [6.07, 6.45) is 24.2. The minimum atomic E-state index is -4.44. The van der Waals surface area contributed by atoms with Crippen LogP contribution in [0.2, 0.25) is 0 Å². The number of phosphoric acid groups is 1. The topological polar surface area (TPSA) is 195 Å². The largest absolute Gasteiger partial charge is 0.472 e. The number of allylic oxidation sites excluding steroid dienone is 4. The van der Waals surface area contributed by atoms with Gasteiger partial charge in [0.05, 0.1) is 31.5 Å². The SMILES string of the molecule is CCCC/C=C\CCCCCCCC(=O)OC[C@H](COP(=O)(O)OCCN)OC(=O)CCC/C=C/C[C@@H]1[C@@H](/C=C/[C@@H](O)CCCCC)[C@H](O)C[C@@H]1O. The van der Waals surface area contributed by atoms with Gasteiger partial charge >= 0.3 is 19.8 Å². The average molecular weight is 760 g/mol. The Labute approximate surface area is 312 Å². The smallest absolute Gasteiger partial charge is 0.462 e. The lowest BCUT2D eigenvalue weighted by molar-refractivity contribution is -0.161. The Hall–Kier alpha value is -1.89. The van der Waals surface area contributed by atoms with E-state index in [9.17, 15) is 34.4 Å². The van der Waals surface area contributed by atoms with Gasteiger partial charge in [0.15, 0.2) is 6.10 Å². The van der Waals surface area contributed by atoms with E-state index < -0.39 is 50.8 Å². The molecular weight excluding hydrogens is 689 g/mol. The Bertz CT molecular complexity index is 1070. The molecule has 0 saturated heterocycles. The summed E-state index contributed by atoms with van der Waals surface area (Å²) in [7, 11) is -4.44. The summed E-state index contributed by atoms with van der Waals surface area (Å²) in [6.45, 7) is 3.27. The Morgan fingerprint density at radius 1 is 0.808 bits per heavy atom. The number of ether oxygens (including phenoxy) is 2. The van der Waals surface area contributed by atoms with Crippen molar-refractivity contribution in [1.82, 2.24) is 0 Å². The van der Waals surface area contributed by atoms with Gasteiger partial charge in [-0.15, -0.1) is 0 Å². The molecule has 12 nitrogen and oxygen atoms in total. The van der Waals surface area contributed by atoms with Gasteiger partial charge in [0.1, 0.15) is 6.61 Å². The molecule has 1 aliphatic carbocycles. The molecule has 52 heavy (non-hydrogen) atoms. The molecule has 1 fully saturated rings. The zero-order valence-corrected chi connectivity index (χ0v) is 32.8. The lowest BCUT2D eigenvalue weighted by Gasteiger charge is -2.20. The van der Waals surface area contributed by atoms with Crippen molar-refractivity contribution in [3.05, 3.63) is 36.5 Å². The molecule has 1 unspecified atom stereocenters. The quantitative estimate of drug-likeness (QED) is 0.0205. The number of aliphatic hydroxyl groups excluding tert-OH is 3. The first-order valence-electron chi connectivity index (χ1n) is 19.7. The Morgan fingerprint density at radius 3 is 2.19 bits per heavy atom. The second-order valence-corrected chi connectivity index (χ2v) is 15.2. The van der Waals surface area contributed by atoms with E-state index in [0.717, 1.165) is 57.8 Å². The van der Waals surface area contributed by atoms with Crippen LogP contribution in [-0.4, -0.2) is 82.9 Å². The van der Waals surface area contributed by atoms with Crippen molar-refractivity contribution >= 4 is 19.8 Å². The number of aliphatic hydroxyl groups is 3. The van der Waals surface area contributed by atoms with Crippen molar-refractivity contribution in [2.75, 3.05) is 26.4 Å². The van der Waals surface area contributed by atoms with Gasteiger partial charge in [-0.05, 0) is 57.3 Å². The van der Waals surface area contributed by atoms with Crippen LogP contribution in [0.1, 0.15) is 136 Å². The van der Waals surface area contributed by atoms with Gasteiger partial charge in [0, 0.05) is 31.7 Å². The minimum Gasteiger partial charge on any atom is -0.462 e. The molecule has 0 radical (unpaired) electrons. The van der Waals surface area contributed by atoms with Crippen LogP contribution >= 0.6 is 7.82 Å². The number of phosphoric ester groups is 1. The summed E-state index contributed by atoms with van der Waals surface area (Å²) in [5.41, 5.74) is 5.33. The zero-order valence-electron chi connectivity index (χ0n) is 31.9. The summed E-state index contributed by atoms with van der Waals surface area (Å²) < 4.78 is 32.6. The van der Waals surface area contributed by atoms with Crippen molar-refractivity contribution in [3.63, 3.8) is 0 Å². The molecule has 0 aromatic rings. The molecule has 0 aromatic heterocycles. The number of hydrogen-bond acceptors (Lipinski definition) is 11. The van der Waals surface area contributed by atoms with Crippen molar-refractivity contribution in [1.29, 1.82) is 0 Å². The fourth-order valence-electron chi connectivity index (χ4n) is 6.02. The van der Waals surface area contributed by atoms with Crippen molar-refractivity contribution in [2.45, 2.75) is 160 Å². The maximum absolute atomic E-state index is 12.6. The highest BCUT2D eigenvalue weighted by atomic mass is 31.2. The molecule has 0 heterocycles. The summed E-state index contributed by atoms with van der Waals surface area (Å²) in [6, 6.07) is 0. The maximum Gasteiger partial charge on any atom is 0.472 e. The highest BCUT2D eigenvalue weighted by Crippen LogP contribution is 2.43. The van der Waals surface area contributed by atoms with Crippen LogP contribution in [0, 0.1) is 11.8 Å². The van der Waals surface area contributed by atoms with Crippen molar-refractivity contribution < 1.29 is 52.9 Å². The fraction of sp³-hybridized carbons (Fsp3) is 0.795. The number of carbonyl (C=O) groups is 2. The average Bonchev–Trinajstić information content (AvgIpc) is 3.38. The highest BCUT2D eigenvalue weighted by molar-refractivity contribution is 7.47. The molecule has 0 aromatic carbocycles. The normalized spacial score (nSPS) is 21.6. The first-order valence-corrected chi connectivity index (χ1v) is 21.2. The first kappa shape index (κ1) is 48.1. The molecule has 1 saturated carbocycles. The number of nitrogens with two attached hydrogens (primary N) is 1. The minimum absolute atomic E-state index is 0.0125. The van der Waals surface area contributed by atoms with Gasteiger partial charge in [-0.2, -0.15) is 0 Å². The molecule has 302 valence electrons. The Balaban J connectivity index is 2.49. The Morgan fingerprint density at radius 2 is 1.46 bits per heavy atom. The predicted octanol–water partition coefficient (Wildman–Crippen LogP) is 6.98. The van der Waals surface area contributed by atoms with Gasteiger partial charge in [-0.3, -0.25) is 18.6 Å². The summed E-state index contributed by atoms with van der Waals surface area (Å²) >= 11 is 0. The zero-order chi connectivity index (χ0) is 38.5. The van der Waals surface area contributed by atoms with Crippen LogP contribution in [0.3, 0.4) is 0 Å². The lowest BCUT2D eigenvalue weighted by atomic mass is 9.89. The standard InChI is InChI=1S/C39H70NO11P/c1-3-5-7-8-9-10-11-12-13-14-19-23-38(44)48-30-33(31-50-52(46,47)49-28-27-40)51-39(45)24-20-16-15-18-22-34-35(37(43)29-36(34)42)26-25-32(41)21-17-6-4-2/h8-9,15,18,25-26,32-37,41-43H,3-7,10-14,16-17,19-24,27-31,40H2,1-2H3,(H,46,47)/b9-8-,18-15+,26-25+/t32-,33+,34+,35+,36-,37+/m0/s1. The second-order valence-electron chi connectivity index (χ2n) is 13.8. The van der Waals surface area contributed by atoms with Gasteiger partial charge in [-0.1, -0.05) is 102 Å². The van der Waals surface area contributed by atoms with E-state index >= 15 is 0 Å². The molecule has 1 aliphatic rings. The molecular formula is C39H70NO11P. The van der Waals surface area contributed by atoms with Gasteiger partial charge in [0.2, 0.25) is 0 Å². The fourth-order valence-corrected chi connectivity index (χ4v) is 6.78. The molecule has 0 aliphatic heterocycles. The molecule has 0 spiro atoms. The predicted molar refractivity (Wildman–Crippen MR) is 203 cm³/mol. The van der Waals surface area contributed by atoms with E-state index in [1.807, 2.05) is 18.2 Å². The summed E-state index contributed by atoms with van der Waals surface area (Å²) in [4.78, 5) is 34.9. The van der Waals surface area contributed by atoms with Gasteiger partial charge < -0.3 is 35.4 Å². The first-order chi connectivity index (χ1) is 25.0. The number of carbonyl (C=O) groups excluding carboxylic acids is 2. The third-order valence-corrected chi connectivity index (χ3v) is 10.1. The second kappa shape index (κ2) is 30.4. The lowest BCUT2D eigenvalue weighted by Crippen LogP contribution is -2.29. The van der Waals surface area contributed by atoms with E-state index in [4.69, 9.17) is 24.3 Å². The van der Waals surface area contributed by atoms with Gasteiger partial charge in [0.25, 0.3) is 0 Å². The molecule has 13 heteroatoms. The number of rotatable bonds is 32. The van der Waals surface area contributed by atoms with Crippen LogP contribution in [0.15, 0.2) is 36.5 Å². The van der Waals surface area contributed by atoms with Crippen LogP contribution in [0.5, 0.6) is 0 Å². The monoisotopic (exact) mass is 759 g/mol. The molecule has 7 atom stereocenters. The summed E-state index contributed by atoms with van der Waals surface area (Å²) in [5, 5.41) is 31.2. The summed E-state index contributed by atoms with van der Waals surface area (Å²) in [5.74, 6) is -1.46. The van der Waals surface area contributed by atoms with Crippen molar-refractivity contribution in [2.24, 2.45) is 17.6 Å². The highest BCUT2D eigenvalue weighted by Gasteiger charge is 2.39. The number of esters is 2. The Kier molecular flexibility index (Phi) is 28.2. The van der Waals surface area contributed by atoms with Crippen LogP contribution < -0.4 is 5.73 Å². The van der Waals surface area contributed by atoms with E-state index in [-0.39, 0.29) is 50.9 Å². The van der Waals surface area contributed by atoms with E-state index in [2.05, 4.69) is 26.0 Å². The molecule has 0 bridgehead atoms. The molecule has 1 rings (SSSR count). The number of hydrogen-bond donors (Lipinski definition) is 5. The molecule has 0 amide bonds. The maximum atomic E-state index is 12.6. The molecule has 6 N–H and O–H groups in total. The van der Waals surface area contributed by atoms with Crippen LogP contribution in [0.4, 0.5) is 0 Å². The van der Waals surface area contributed by atoms with Crippen LogP contribution in [-0.2, 0) is 32.7 Å². The van der Waals surface area contributed by atoms with Crippen LogP contribution in [0.25, 0.3) is 0 Å². The van der Waals surface area contributed by atoms with Gasteiger partial charge in [-0.25, -0.2) is 4.57 Å².